The Bertz CT molecular complexity index is 4850. The van der Waals surface area contributed by atoms with Crippen LogP contribution in [0.25, 0.3) is 97.3 Å². The zero-order valence-electron chi connectivity index (χ0n) is 45.6. The summed E-state index contributed by atoms with van der Waals surface area (Å²) >= 11 is 0. The van der Waals surface area contributed by atoms with Crippen molar-refractivity contribution < 1.29 is 23.9 Å². The van der Waals surface area contributed by atoms with Crippen LogP contribution in [-0.2, 0) is 16.2 Å². The molecule has 16 rings (SSSR count). The van der Waals surface area contributed by atoms with Crippen LogP contribution in [0, 0.1) is 0 Å². The molecule has 4 amide bonds. The van der Waals surface area contributed by atoms with Crippen molar-refractivity contribution in [3.63, 3.8) is 0 Å². The monoisotopic (exact) mass is 1040 g/mol. The van der Waals surface area contributed by atoms with Crippen LogP contribution in [0.4, 0.5) is 11.4 Å². The quantitative estimate of drug-likeness (QED) is 0.1000. The zero-order valence-corrected chi connectivity index (χ0v) is 45.6. The van der Waals surface area contributed by atoms with E-state index in [9.17, 15) is 9.59 Å². The number of nitrogens with zero attached hydrogens (tertiary/aromatic N) is 2. The predicted molar refractivity (Wildman–Crippen MR) is 326 cm³/mol. The topological polar surface area (TPSA) is 84.0 Å². The van der Waals surface area contributed by atoms with Crippen molar-refractivity contribution in [2.45, 2.75) is 71.6 Å². The fourth-order valence-electron chi connectivity index (χ4n) is 14.0. The third-order valence-electron chi connectivity index (χ3n) is 18.1. The van der Waals surface area contributed by atoms with Gasteiger partial charge in [-0.3, -0.25) is 19.2 Å². The van der Waals surface area contributed by atoms with Gasteiger partial charge < -0.3 is 4.74 Å². The highest BCUT2D eigenvalue weighted by molar-refractivity contribution is 6.44. The summed E-state index contributed by atoms with van der Waals surface area (Å²) in [6.45, 7) is 17.4. The first-order valence-corrected chi connectivity index (χ1v) is 27.6. The number of hydrogen-bond donors (Lipinski definition) is 0. The van der Waals surface area contributed by atoms with Gasteiger partial charge in [-0.2, -0.15) is 0 Å². The molecule has 13 aromatic carbocycles. The number of ether oxygens (including phenoxy) is 1. The molecule has 0 aliphatic carbocycles. The lowest BCUT2D eigenvalue weighted by Gasteiger charge is -2.40. The summed E-state index contributed by atoms with van der Waals surface area (Å²) < 4.78 is 7.37. The van der Waals surface area contributed by atoms with Crippen LogP contribution in [0.5, 0.6) is 11.5 Å². The Morgan fingerprint density at radius 2 is 0.738 bits per heavy atom. The van der Waals surface area contributed by atoms with Gasteiger partial charge in [0.15, 0.2) is 5.75 Å². The number of rotatable bonds is 3. The molecule has 0 unspecified atom stereocenters. The van der Waals surface area contributed by atoms with Crippen molar-refractivity contribution in [3.8, 4) is 22.6 Å². The zero-order chi connectivity index (χ0) is 54.8. The highest BCUT2D eigenvalue weighted by Gasteiger charge is 2.44. The number of hydrogen-bond acceptors (Lipinski definition) is 5. The molecule has 0 radical (unpaired) electrons. The van der Waals surface area contributed by atoms with E-state index < -0.39 is 17.2 Å². The Hall–Kier alpha value is -9.46. The standard InChI is InChI=1S/C73H52N2O5/c1-71(2,3)40-33-55(37-21-23-42(24-22-37)74-67(76)51-29-25-47-43-17-9-13-38-14-10-18-44(59(38)43)48-26-30-52(68(74)77)63(51)61(47)48)65-56(34-40)73(7,8)57-35-41(72(4,5)6)36-58(66(57)80-65)75-69(78)53-31-27-49-45-19-11-15-39-16-12-20-46(60(39)45)50-28-32-54(70(75)79)64(53)62(49)50/h9-36H,1-8H3. The molecule has 384 valence electrons. The second-order valence-electron chi connectivity index (χ2n) is 25.0. The van der Waals surface area contributed by atoms with Crippen LogP contribution >= 0.6 is 0 Å². The summed E-state index contributed by atoms with van der Waals surface area (Å²) in [5.41, 5.74) is 6.89. The van der Waals surface area contributed by atoms with E-state index in [2.05, 4.69) is 146 Å². The summed E-state index contributed by atoms with van der Waals surface area (Å²) in [4.78, 5) is 63.4. The Morgan fingerprint density at radius 3 is 1.15 bits per heavy atom. The second-order valence-corrected chi connectivity index (χ2v) is 25.0. The highest BCUT2D eigenvalue weighted by Crippen LogP contribution is 2.58. The molecule has 7 nitrogen and oxygen atoms in total. The van der Waals surface area contributed by atoms with Gasteiger partial charge in [0, 0.05) is 55.1 Å². The predicted octanol–water partition coefficient (Wildman–Crippen LogP) is 18.1. The van der Waals surface area contributed by atoms with Crippen LogP contribution in [-0.4, -0.2) is 23.6 Å². The summed E-state index contributed by atoms with van der Waals surface area (Å²) in [6.07, 6.45) is 0. The summed E-state index contributed by atoms with van der Waals surface area (Å²) in [6, 6.07) is 57.1. The van der Waals surface area contributed by atoms with Crippen molar-refractivity contribution in [1.82, 2.24) is 0 Å². The Balaban J connectivity index is 0.827. The highest BCUT2D eigenvalue weighted by atomic mass is 16.5. The number of fused-ring (bicyclic) bond motifs is 6. The van der Waals surface area contributed by atoms with Gasteiger partial charge in [0.1, 0.15) is 5.75 Å². The van der Waals surface area contributed by atoms with Gasteiger partial charge in [0.05, 0.1) is 11.4 Å². The van der Waals surface area contributed by atoms with Gasteiger partial charge >= 0.3 is 0 Å². The number of amides is 4. The minimum absolute atomic E-state index is 0.274. The Kier molecular flexibility index (Phi) is 8.99. The maximum Gasteiger partial charge on any atom is 0.266 e. The number of anilines is 2. The summed E-state index contributed by atoms with van der Waals surface area (Å²) in [5, 5.41) is 16.2. The van der Waals surface area contributed by atoms with E-state index in [0.717, 1.165) is 98.0 Å². The van der Waals surface area contributed by atoms with Gasteiger partial charge in [-0.25, -0.2) is 9.80 Å². The molecule has 0 saturated heterocycles. The van der Waals surface area contributed by atoms with Gasteiger partial charge in [-0.15, -0.1) is 0 Å². The van der Waals surface area contributed by atoms with Crippen molar-refractivity contribution in [2.24, 2.45) is 0 Å². The Morgan fingerprint density at radius 1 is 0.362 bits per heavy atom. The molecule has 3 heterocycles. The van der Waals surface area contributed by atoms with E-state index in [1.165, 1.54) is 20.6 Å². The molecule has 3 aliphatic rings. The van der Waals surface area contributed by atoms with Crippen molar-refractivity contribution in [2.75, 3.05) is 9.80 Å². The molecular formula is C73H52N2O5. The van der Waals surface area contributed by atoms with Crippen molar-refractivity contribution in [3.05, 3.63) is 214 Å². The van der Waals surface area contributed by atoms with E-state index >= 15 is 9.59 Å². The van der Waals surface area contributed by atoms with Gasteiger partial charge in [0.25, 0.3) is 23.6 Å². The molecule has 0 spiro atoms. The lowest BCUT2D eigenvalue weighted by molar-refractivity contribution is 0.0877. The summed E-state index contributed by atoms with van der Waals surface area (Å²) in [7, 11) is 0. The molecule has 7 heteroatoms. The van der Waals surface area contributed by atoms with Crippen molar-refractivity contribution in [1.29, 1.82) is 0 Å². The van der Waals surface area contributed by atoms with Crippen LogP contribution in [0.3, 0.4) is 0 Å². The summed E-state index contributed by atoms with van der Waals surface area (Å²) in [5.74, 6) is -0.519. The molecule has 0 bridgehead atoms. The largest absolute Gasteiger partial charge is 0.454 e. The van der Waals surface area contributed by atoms with Crippen LogP contribution in [0.15, 0.2) is 170 Å². The Labute approximate surface area is 461 Å². The third kappa shape index (κ3) is 5.99. The minimum Gasteiger partial charge on any atom is -0.454 e. The van der Waals surface area contributed by atoms with Crippen LogP contribution in [0.1, 0.15) is 119 Å². The average Bonchev–Trinajstić information content (AvgIpc) is 3.57. The third-order valence-corrected chi connectivity index (χ3v) is 18.1. The SMILES string of the molecule is CC(C)(C)c1cc(-c2ccc(N3C(=O)c4ccc5c6cccc7cccc(c8ccc(c4c58)C3=O)c76)cc2)c2c(c1)C(C)(C)c1cc(C(C)(C)C)cc(N3C(=O)c4ccc5c6cccc7cccc(c8ccc(c4c58)C3=O)c76)c1O2. The lowest BCUT2D eigenvalue weighted by Crippen LogP contribution is -2.41. The smallest absolute Gasteiger partial charge is 0.266 e. The number of carbonyl (C=O) groups is 4. The first kappa shape index (κ1) is 46.6. The molecule has 0 fully saturated rings. The first-order chi connectivity index (χ1) is 38.4. The minimum atomic E-state index is -0.695. The lowest BCUT2D eigenvalue weighted by atomic mass is 9.70. The van der Waals surface area contributed by atoms with Gasteiger partial charge in [0.2, 0.25) is 0 Å². The maximum absolute atomic E-state index is 15.5. The fraction of sp³-hybridized carbons (Fsp3) is 0.151. The van der Waals surface area contributed by atoms with E-state index in [-0.39, 0.29) is 22.6 Å². The molecule has 0 N–H and O–H groups in total. The van der Waals surface area contributed by atoms with Gasteiger partial charge in [-0.1, -0.05) is 177 Å². The normalized spacial score (nSPS) is 15.2. The van der Waals surface area contributed by atoms with Gasteiger partial charge in [-0.05, 0) is 151 Å². The number of carbonyl (C=O) groups excluding carboxylic acids is 4. The van der Waals surface area contributed by atoms with Crippen LogP contribution in [0.2, 0.25) is 0 Å². The molecule has 0 atom stereocenters. The van der Waals surface area contributed by atoms with Crippen LogP contribution < -0.4 is 14.5 Å². The molecule has 0 saturated carbocycles. The van der Waals surface area contributed by atoms with E-state index in [1.54, 1.807) is 0 Å². The van der Waals surface area contributed by atoms with E-state index in [4.69, 9.17) is 4.74 Å². The fourth-order valence-corrected chi connectivity index (χ4v) is 14.0. The van der Waals surface area contributed by atoms with Crippen molar-refractivity contribution >= 4 is 121 Å². The maximum atomic E-state index is 15.5. The molecule has 0 aromatic heterocycles. The van der Waals surface area contributed by atoms with E-state index in [1.807, 2.05) is 78.9 Å². The molecule has 80 heavy (non-hydrogen) atoms. The van der Waals surface area contributed by atoms with E-state index in [0.29, 0.717) is 55.9 Å². The average molecular weight is 1040 g/mol. The first-order valence-electron chi connectivity index (χ1n) is 27.6. The molecule has 13 aromatic rings. The number of imide groups is 2. The second kappa shape index (κ2) is 15.4. The number of benzene rings is 13. The molecule has 3 aliphatic heterocycles. The molecular weight excluding hydrogens is 985 g/mol.